The van der Waals surface area contributed by atoms with Crippen molar-refractivity contribution in [2.24, 2.45) is 0 Å². The van der Waals surface area contributed by atoms with Gasteiger partial charge in [-0.15, -0.1) is 0 Å². The van der Waals surface area contributed by atoms with Crippen LogP contribution in [0.5, 0.6) is 0 Å². The van der Waals surface area contributed by atoms with E-state index in [9.17, 15) is 4.79 Å². The molecule has 148 valence electrons. The van der Waals surface area contributed by atoms with Gasteiger partial charge < -0.3 is 14.6 Å². The van der Waals surface area contributed by atoms with Crippen LogP contribution in [0.25, 0.3) is 5.65 Å². The van der Waals surface area contributed by atoms with E-state index in [2.05, 4.69) is 47.8 Å². The maximum atomic E-state index is 13.2. The molecule has 1 amide bonds. The molecule has 0 saturated carbocycles. The quantitative estimate of drug-likeness (QED) is 0.694. The number of fused-ring (bicyclic) bond motifs is 4. The summed E-state index contributed by atoms with van der Waals surface area (Å²) < 4.78 is 2.12. The molecule has 5 heteroatoms. The van der Waals surface area contributed by atoms with Gasteiger partial charge in [0.05, 0.1) is 16.9 Å². The number of rotatable bonds is 1. The van der Waals surface area contributed by atoms with Gasteiger partial charge in [-0.05, 0) is 62.6 Å². The van der Waals surface area contributed by atoms with Crippen molar-refractivity contribution in [2.75, 3.05) is 18.4 Å². The molecule has 29 heavy (non-hydrogen) atoms. The summed E-state index contributed by atoms with van der Waals surface area (Å²) in [5, 5.41) is 3.92. The minimum atomic E-state index is 0.0311. The fraction of sp³-hybridized carbons (Fsp3) is 0.417. The smallest absolute Gasteiger partial charge is 0.255 e. The van der Waals surface area contributed by atoms with E-state index in [0.29, 0.717) is 0 Å². The van der Waals surface area contributed by atoms with Crippen LogP contribution in [-0.4, -0.2) is 38.8 Å². The van der Waals surface area contributed by atoms with Crippen molar-refractivity contribution < 1.29 is 4.79 Å². The molecule has 3 aromatic rings. The molecule has 4 heterocycles. The van der Waals surface area contributed by atoms with Gasteiger partial charge in [0, 0.05) is 30.5 Å². The number of likely N-dealkylation sites (tertiary alicyclic amines) is 1. The minimum Gasteiger partial charge on any atom is -0.376 e. The highest BCUT2D eigenvalue weighted by Gasteiger charge is 2.42. The molecule has 3 aliphatic rings. The van der Waals surface area contributed by atoms with Crippen molar-refractivity contribution in [3.8, 4) is 0 Å². The van der Waals surface area contributed by atoms with E-state index < -0.39 is 0 Å². The summed E-state index contributed by atoms with van der Waals surface area (Å²) in [4.78, 5) is 20.1. The summed E-state index contributed by atoms with van der Waals surface area (Å²) in [5.74, 6) is 0.174. The van der Waals surface area contributed by atoms with Gasteiger partial charge in [0.1, 0.15) is 0 Å². The average molecular weight is 386 g/mol. The lowest BCUT2D eigenvalue weighted by Crippen LogP contribution is -2.45. The van der Waals surface area contributed by atoms with Crippen LogP contribution < -0.4 is 5.32 Å². The van der Waals surface area contributed by atoms with Crippen LogP contribution in [0, 0.1) is 13.8 Å². The number of carbonyl (C=O) groups excluding carboxylic acids is 1. The lowest BCUT2D eigenvalue weighted by molar-refractivity contribution is 0.0650. The monoisotopic (exact) mass is 386 g/mol. The van der Waals surface area contributed by atoms with E-state index in [1.54, 1.807) is 0 Å². The third-order valence-corrected chi connectivity index (χ3v) is 7.29. The first-order valence-corrected chi connectivity index (χ1v) is 10.7. The molecule has 1 N–H and O–H groups in total. The van der Waals surface area contributed by atoms with Crippen molar-refractivity contribution in [3.05, 3.63) is 64.1 Å². The Balaban J connectivity index is 1.50. The van der Waals surface area contributed by atoms with Gasteiger partial charge in [0.15, 0.2) is 5.65 Å². The predicted molar refractivity (Wildman–Crippen MR) is 114 cm³/mol. The first-order chi connectivity index (χ1) is 14.0. The number of nitrogens with zero attached hydrogens (tertiary/aromatic N) is 3. The number of nitrogens with one attached hydrogen (secondary N) is 1. The molecule has 1 saturated heterocycles. The summed E-state index contributed by atoms with van der Waals surface area (Å²) in [5.41, 5.74) is 9.10. The highest BCUT2D eigenvalue weighted by molar-refractivity contribution is 5.99. The molecule has 2 aliphatic heterocycles. The van der Waals surface area contributed by atoms with Crippen LogP contribution >= 0.6 is 0 Å². The molecular formula is C24H26N4O. The zero-order valence-corrected chi connectivity index (χ0v) is 17.1. The van der Waals surface area contributed by atoms with Crippen molar-refractivity contribution >= 4 is 17.2 Å². The number of aryl methyl sites for hydroxylation is 2. The molecule has 0 radical (unpaired) electrons. The molecule has 2 aromatic heterocycles. The first-order valence-electron chi connectivity index (χ1n) is 10.7. The van der Waals surface area contributed by atoms with Gasteiger partial charge in [0.2, 0.25) is 0 Å². The highest BCUT2D eigenvalue weighted by Crippen LogP contribution is 2.43. The third kappa shape index (κ3) is 2.39. The Morgan fingerprint density at radius 2 is 1.86 bits per heavy atom. The van der Waals surface area contributed by atoms with E-state index in [1.165, 1.54) is 11.1 Å². The number of carbonyl (C=O) groups is 1. The van der Waals surface area contributed by atoms with Gasteiger partial charge >= 0.3 is 0 Å². The van der Waals surface area contributed by atoms with Crippen LogP contribution in [0.2, 0.25) is 0 Å². The number of benzene rings is 1. The Morgan fingerprint density at radius 3 is 2.52 bits per heavy atom. The van der Waals surface area contributed by atoms with E-state index in [1.807, 2.05) is 11.1 Å². The maximum Gasteiger partial charge on any atom is 0.255 e. The standard InChI is InChI=1S/C24H26N4O/c1-15-16(2)28-14-20(23(29)27-10-5-11-27)19-8-9-24(26-21(19)22(28)25-15)12-17-6-3-4-7-18(17)13-24/h3-4,6-7,14,26H,5,8-13H2,1-2H3. The first kappa shape index (κ1) is 17.1. The predicted octanol–water partition coefficient (Wildman–Crippen LogP) is 3.69. The number of imidazole rings is 1. The van der Waals surface area contributed by atoms with Gasteiger partial charge in [-0.1, -0.05) is 24.3 Å². The van der Waals surface area contributed by atoms with Crippen LogP contribution in [-0.2, 0) is 19.3 Å². The molecular weight excluding hydrogens is 360 g/mol. The maximum absolute atomic E-state index is 13.2. The fourth-order valence-corrected chi connectivity index (χ4v) is 5.35. The number of hydrogen-bond donors (Lipinski definition) is 1. The molecule has 5 nitrogen and oxygen atoms in total. The number of pyridine rings is 1. The summed E-state index contributed by atoms with van der Waals surface area (Å²) >= 11 is 0. The topological polar surface area (TPSA) is 49.6 Å². The van der Waals surface area contributed by atoms with E-state index in [-0.39, 0.29) is 11.4 Å². The number of amides is 1. The number of hydrogen-bond acceptors (Lipinski definition) is 3. The van der Waals surface area contributed by atoms with Crippen LogP contribution in [0.3, 0.4) is 0 Å². The second-order valence-electron chi connectivity index (χ2n) is 9.05. The highest BCUT2D eigenvalue weighted by atomic mass is 16.2. The average Bonchev–Trinajstić information content (AvgIpc) is 3.17. The summed E-state index contributed by atoms with van der Waals surface area (Å²) in [6.45, 7) is 5.89. The molecule has 0 atom stereocenters. The molecule has 0 bridgehead atoms. The van der Waals surface area contributed by atoms with E-state index in [4.69, 9.17) is 4.98 Å². The lowest BCUT2D eigenvalue weighted by Gasteiger charge is -2.39. The van der Waals surface area contributed by atoms with Crippen molar-refractivity contribution in [3.63, 3.8) is 0 Å². The normalized spacial score (nSPS) is 19.0. The van der Waals surface area contributed by atoms with Gasteiger partial charge in [0.25, 0.3) is 5.91 Å². The summed E-state index contributed by atoms with van der Waals surface area (Å²) in [6.07, 6.45) is 7.19. The molecule has 1 aromatic carbocycles. The molecule has 1 aliphatic carbocycles. The summed E-state index contributed by atoms with van der Waals surface area (Å²) in [6, 6.07) is 8.78. The zero-order valence-electron chi connectivity index (χ0n) is 17.1. The van der Waals surface area contributed by atoms with E-state index >= 15 is 0 Å². The van der Waals surface area contributed by atoms with Crippen LogP contribution in [0.1, 0.15) is 51.3 Å². The Labute approximate surface area is 170 Å². The molecule has 1 fully saturated rings. The Kier molecular flexibility index (Phi) is 3.44. The Hall–Kier alpha value is -2.82. The second-order valence-corrected chi connectivity index (χ2v) is 9.05. The van der Waals surface area contributed by atoms with Gasteiger partial charge in [-0.3, -0.25) is 4.79 Å². The molecule has 1 spiro atoms. The minimum absolute atomic E-state index is 0.0311. The summed E-state index contributed by atoms with van der Waals surface area (Å²) in [7, 11) is 0. The van der Waals surface area contributed by atoms with Gasteiger partial charge in [-0.25, -0.2) is 4.98 Å². The number of anilines is 1. The van der Waals surface area contributed by atoms with Crippen molar-refractivity contribution in [1.82, 2.24) is 14.3 Å². The fourth-order valence-electron chi connectivity index (χ4n) is 5.35. The molecule has 6 rings (SSSR count). The zero-order chi connectivity index (χ0) is 19.8. The van der Waals surface area contributed by atoms with Crippen molar-refractivity contribution in [1.29, 1.82) is 0 Å². The molecule has 0 unspecified atom stereocenters. The van der Waals surface area contributed by atoms with Crippen LogP contribution in [0.15, 0.2) is 30.5 Å². The Bertz CT molecular complexity index is 1150. The van der Waals surface area contributed by atoms with E-state index in [0.717, 1.165) is 79.0 Å². The SMILES string of the molecule is Cc1nc2c3c(c(C(=O)N4CCC4)cn2c1C)CCC1(Cc2ccccc2C1)N3. The Morgan fingerprint density at radius 1 is 1.14 bits per heavy atom. The number of aromatic nitrogens is 2. The van der Waals surface area contributed by atoms with Gasteiger partial charge in [-0.2, -0.15) is 0 Å². The van der Waals surface area contributed by atoms with Crippen molar-refractivity contribution in [2.45, 2.75) is 51.5 Å². The van der Waals surface area contributed by atoms with Crippen LogP contribution in [0.4, 0.5) is 5.69 Å². The second kappa shape index (κ2) is 5.85. The largest absolute Gasteiger partial charge is 0.376 e. The third-order valence-electron chi connectivity index (χ3n) is 7.29. The lowest BCUT2D eigenvalue weighted by atomic mass is 9.82.